The zero-order chi connectivity index (χ0) is 9.84. The Morgan fingerprint density at radius 1 is 1.15 bits per heavy atom. The van der Waals surface area contributed by atoms with Crippen molar-refractivity contribution in [3.63, 3.8) is 0 Å². The molecule has 0 bridgehead atoms. The summed E-state index contributed by atoms with van der Waals surface area (Å²) in [5, 5.41) is 0. The fourth-order valence-electron chi connectivity index (χ4n) is 2.18. The molecule has 0 heterocycles. The summed E-state index contributed by atoms with van der Waals surface area (Å²) >= 11 is -1.28. The number of rotatable bonds is 3. The summed E-state index contributed by atoms with van der Waals surface area (Å²) in [6.07, 6.45) is 5.90. The van der Waals surface area contributed by atoms with E-state index in [1.54, 1.807) is 0 Å². The van der Waals surface area contributed by atoms with E-state index in [-0.39, 0.29) is 0 Å². The molecule has 0 spiro atoms. The maximum atomic E-state index is 6.11. The van der Waals surface area contributed by atoms with Crippen molar-refractivity contribution in [3.8, 4) is 0 Å². The Morgan fingerprint density at radius 3 is 2.31 bits per heavy atom. The molecule has 0 radical (unpaired) electrons. The Hall–Kier alpha value is 0.556. The van der Waals surface area contributed by atoms with Crippen LogP contribution in [0.15, 0.2) is 0 Å². The van der Waals surface area contributed by atoms with Gasteiger partial charge in [-0.15, -0.1) is 0 Å². The molecule has 0 saturated heterocycles. The van der Waals surface area contributed by atoms with E-state index in [0.29, 0.717) is 12.1 Å². The van der Waals surface area contributed by atoms with Crippen LogP contribution >= 0.6 is 0 Å². The van der Waals surface area contributed by atoms with Gasteiger partial charge in [-0.3, -0.25) is 0 Å². The average Bonchev–Trinajstić information content (AvgIpc) is 2.03. The van der Waals surface area contributed by atoms with Crippen molar-refractivity contribution < 1.29 is 3.53 Å². The molecule has 1 aliphatic carbocycles. The van der Waals surface area contributed by atoms with Crippen LogP contribution in [0.5, 0.6) is 0 Å². The number of nitrogens with zero attached hydrogens (tertiary/aromatic N) is 1. The van der Waals surface area contributed by atoms with Crippen LogP contribution in [0.2, 0.25) is 11.0 Å². The standard InChI is InChI=1S/C8H16NO.2CH3.Ga/c1-9(2)7-5-3-4-6-8(7)10;;;/h7-8H,3-6H2,1-2H3;2*1H3;/q-1;;;+1. The van der Waals surface area contributed by atoms with Gasteiger partial charge in [0.05, 0.1) is 0 Å². The molecule has 2 unspecified atom stereocenters. The van der Waals surface area contributed by atoms with Gasteiger partial charge in [-0.2, -0.15) is 0 Å². The van der Waals surface area contributed by atoms with Crippen molar-refractivity contribution in [2.24, 2.45) is 0 Å². The molecule has 0 aromatic carbocycles. The first-order valence-corrected chi connectivity index (χ1v) is 11.3. The van der Waals surface area contributed by atoms with Crippen molar-refractivity contribution in [1.29, 1.82) is 0 Å². The van der Waals surface area contributed by atoms with E-state index in [1.807, 2.05) is 0 Å². The molecule has 0 N–H and O–H groups in total. The molecule has 1 saturated carbocycles. The zero-order valence-electron chi connectivity index (χ0n) is 9.42. The normalized spacial score (nSPS) is 29.3. The molecule has 0 aliphatic heterocycles. The van der Waals surface area contributed by atoms with Gasteiger partial charge in [0, 0.05) is 0 Å². The molecule has 1 aliphatic rings. The van der Waals surface area contributed by atoms with E-state index in [9.17, 15) is 0 Å². The van der Waals surface area contributed by atoms with Crippen LogP contribution in [0, 0.1) is 0 Å². The number of hydrogen-bond acceptors (Lipinski definition) is 2. The van der Waals surface area contributed by atoms with E-state index < -0.39 is 16.6 Å². The van der Waals surface area contributed by atoms with Gasteiger partial charge in [-0.1, -0.05) is 0 Å². The van der Waals surface area contributed by atoms with Crippen molar-refractivity contribution in [2.75, 3.05) is 14.1 Å². The molecule has 13 heavy (non-hydrogen) atoms. The molecule has 0 aromatic heterocycles. The number of likely N-dealkylation sites (N-methyl/N-ethyl adjacent to an activating group) is 1. The Bertz CT molecular complexity index is 150. The molecular weight excluding hydrogens is 220 g/mol. The second-order valence-corrected chi connectivity index (χ2v) is 9.51. The maximum absolute atomic E-state index is 6.11. The third kappa shape index (κ3) is 3.66. The fourth-order valence-corrected chi connectivity index (χ4v) is 4.31. The molecule has 0 amide bonds. The molecule has 2 atom stereocenters. The van der Waals surface area contributed by atoms with Gasteiger partial charge in [0.1, 0.15) is 0 Å². The second kappa shape index (κ2) is 5.44. The molecule has 76 valence electrons. The summed E-state index contributed by atoms with van der Waals surface area (Å²) in [4.78, 5) is 2.34. The third-order valence-corrected chi connectivity index (χ3v) is 4.65. The van der Waals surface area contributed by atoms with Crippen LogP contribution in [0.4, 0.5) is 0 Å². The molecular formula is C10H22GaNO. The molecule has 1 fully saturated rings. The quantitative estimate of drug-likeness (QED) is 0.703. The summed E-state index contributed by atoms with van der Waals surface area (Å²) in [5.41, 5.74) is 4.63. The Balaban J connectivity index is 2.46. The van der Waals surface area contributed by atoms with E-state index in [0.717, 1.165) is 0 Å². The molecule has 2 nitrogen and oxygen atoms in total. The van der Waals surface area contributed by atoms with Gasteiger partial charge in [0.2, 0.25) is 0 Å². The summed E-state index contributed by atoms with van der Waals surface area (Å²) in [7, 11) is 4.36. The first-order chi connectivity index (χ1) is 6.11. The SMILES string of the molecule is CN(C)C1CCCCC1[O][Ga]([CH3])[CH3]. The predicted octanol–water partition coefficient (Wildman–Crippen LogP) is 2.13. The summed E-state index contributed by atoms with van der Waals surface area (Å²) in [5.74, 6) is 0. The predicted molar refractivity (Wildman–Crippen MR) is 58.3 cm³/mol. The topological polar surface area (TPSA) is 12.5 Å². The van der Waals surface area contributed by atoms with E-state index in [4.69, 9.17) is 3.53 Å². The first-order valence-electron chi connectivity index (χ1n) is 5.43. The molecule has 3 heteroatoms. The van der Waals surface area contributed by atoms with Crippen LogP contribution in [0.25, 0.3) is 0 Å². The van der Waals surface area contributed by atoms with E-state index in [1.165, 1.54) is 25.7 Å². The van der Waals surface area contributed by atoms with Crippen LogP contribution in [0.1, 0.15) is 25.7 Å². The van der Waals surface area contributed by atoms with Crippen molar-refractivity contribution in [3.05, 3.63) is 0 Å². The third-order valence-electron chi connectivity index (χ3n) is 2.78. The minimum atomic E-state index is -1.28. The Kier molecular flexibility index (Phi) is 4.87. The average molecular weight is 242 g/mol. The van der Waals surface area contributed by atoms with Gasteiger partial charge in [-0.05, 0) is 0 Å². The minimum absolute atomic E-state index is 0.545. The van der Waals surface area contributed by atoms with Gasteiger partial charge in [0.15, 0.2) is 0 Å². The molecule has 0 aromatic rings. The summed E-state index contributed by atoms with van der Waals surface area (Å²) in [6.45, 7) is 0. The Morgan fingerprint density at radius 2 is 1.77 bits per heavy atom. The van der Waals surface area contributed by atoms with Crippen LogP contribution in [-0.2, 0) is 3.53 Å². The van der Waals surface area contributed by atoms with Gasteiger partial charge in [-0.25, -0.2) is 0 Å². The van der Waals surface area contributed by atoms with E-state index >= 15 is 0 Å². The monoisotopic (exact) mass is 241 g/mol. The van der Waals surface area contributed by atoms with Crippen molar-refractivity contribution >= 4 is 16.6 Å². The van der Waals surface area contributed by atoms with Gasteiger partial charge in [0.25, 0.3) is 0 Å². The number of hydrogen-bond donors (Lipinski definition) is 0. The summed E-state index contributed by atoms with van der Waals surface area (Å²) in [6, 6.07) is 0.682. The van der Waals surface area contributed by atoms with E-state index in [2.05, 4.69) is 30.0 Å². The first kappa shape index (κ1) is 11.6. The van der Waals surface area contributed by atoms with Crippen LogP contribution < -0.4 is 0 Å². The van der Waals surface area contributed by atoms with Gasteiger partial charge >= 0.3 is 87.9 Å². The zero-order valence-corrected chi connectivity index (χ0v) is 11.8. The summed E-state index contributed by atoms with van der Waals surface area (Å²) < 4.78 is 6.11. The van der Waals surface area contributed by atoms with Gasteiger partial charge < -0.3 is 0 Å². The molecule has 1 rings (SSSR count). The van der Waals surface area contributed by atoms with Crippen molar-refractivity contribution in [2.45, 2.75) is 48.8 Å². The van der Waals surface area contributed by atoms with Crippen LogP contribution in [-0.4, -0.2) is 47.7 Å². The van der Waals surface area contributed by atoms with Crippen LogP contribution in [0.3, 0.4) is 0 Å². The Labute approximate surface area is 88.1 Å². The second-order valence-electron chi connectivity index (χ2n) is 4.54. The van der Waals surface area contributed by atoms with Crippen molar-refractivity contribution in [1.82, 2.24) is 4.90 Å². The fraction of sp³-hybridized carbons (Fsp3) is 1.00.